The SMILES string of the molecule is Cc1ccc(S)cc1C(=O)N1CCCC2CCCCC21. The van der Waals surface area contributed by atoms with E-state index in [9.17, 15) is 4.79 Å². The third kappa shape index (κ3) is 2.60. The first-order valence-corrected chi connectivity index (χ1v) is 8.22. The average Bonchev–Trinajstić information content (AvgIpc) is 2.48. The predicted octanol–water partition coefficient (Wildman–Crippen LogP) is 4.08. The van der Waals surface area contributed by atoms with Gasteiger partial charge in [-0.3, -0.25) is 4.79 Å². The lowest BCUT2D eigenvalue weighted by atomic mass is 9.78. The van der Waals surface area contributed by atoms with Crippen LogP contribution in [0.25, 0.3) is 0 Å². The molecule has 1 aliphatic carbocycles. The number of rotatable bonds is 1. The smallest absolute Gasteiger partial charge is 0.254 e. The molecule has 1 heterocycles. The average molecular weight is 289 g/mol. The van der Waals surface area contributed by atoms with Crippen molar-refractivity contribution in [2.24, 2.45) is 5.92 Å². The molecule has 1 saturated carbocycles. The van der Waals surface area contributed by atoms with Crippen molar-refractivity contribution in [2.45, 2.75) is 56.4 Å². The molecule has 20 heavy (non-hydrogen) atoms. The van der Waals surface area contributed by atoms with Gasteiger partial charge in [0, 0.05) is 23.0 Å². The Morgan fingerprint density at radius 3 is 2.80 bits per heavy atom. The Hall–Kier alpha value is -0.960. The van der Waals surface area contributed by atoms with Crippen molar-refractivity contribution in [3.05, 3.63) is 29.3 Å². The molecule has 0 radical (unpaired) electrons. The van der Waals surface area contributed by atoms with Crippen molar-refractivity contribution in [3.63, 3.8) is 0 Å². The number of nitrogens with zero attached hydrogens (tertiary/aromatic N) is 1. The van der Waals surface area contributed by atoms with Gasteiger partial charge in [-0.05, 0) is 56.2 Å². The highest BCUT2D eigenvalue weighted by Crippen LogP contribution is 2.36. The zero-order valence-electron chi connectivity index (χ0n) is 12.1. The summed E-state index contributed by atoms with van der Waals surface area (Å²) >= 11 is 4.38. The van der Waals surface area contributed by atoms with Crippen LogP contribution in [-0.2, 0) is 0 Å². The Morgan fingerprint density at radius 2 is 1.95 bits per heavy atom. The normalized spacial score (nSPS) is 26.2. The number of carbonyl (C=O) groups is 1. The van der Waals surface area contributed by atoms with E-state index < -0.39 is 0 Å². The molecule has 3 rings (SSSR count). The minimum Gasteiger partial charge on any atom is -0.335 e. The van der Waals surface area contributed by atoms with E-state index in [1.165, 1.54) is 32.1 Å². The summed E-state index contributed by atoms with van der Waals surface area (Å²) in [6.07, 6.45) is 7.58. The fourth-order valence-corrected chi connectivity index (χ4v) is 4.08. The maximum atomic E-state index is 12.9. The largest absolute Gasteiger partial charge is 0.335 e. The summed E-state index contributed by atoms with van der Waals surface area (Å²) in [6, 6.07) is 6.35. The molecule has 3 heteroatoms. The van der Waals surface area contributed by atoms with E-state index in [0.717, 1.165) is 34.9 Å². The number of hydrogen-bond acceptors (Lipinski definition) is 2. The summed E-state index contributed by atoms with van der Waals surface area (Å²) in [5.41, 5.74) is 1.90. The van der Waals surface area contributed by atoms with E-state index in [-0.39, 0.29) is 5.91 Å². The molecule has 1 aromatic carbocycles. The Morgan fingerprint density at radius 1 is 1.20 bits per heavy atom. The monoisotopic (exact) mass is 289 g/mol. The van der Waals surface area contributed by atoms with E-state index in [4.69, 9.17) is 0 Å². The zero-order valence-corrected chi connectivity index (χ0v) is 13.0. The number of hydrogen-bond donors (Lipinski definition) is 1. The van der Waals surface area contributed by atoms with E-state index >= 15 is 0 Å². The highest BCUT2D eigenvalue weighted by Gasteiger charge is 2.36. The minimum absolute atomic E-state index is 0.218. The molecule has 2 unspecified atom stereocenters. The molecule has 2 nitrogen and oxygen atoms in total. The van der Waals surface area contributed by atoms with Gasteiger partial charge < -0.3 is 4.90 Å². The lowest BCUT2D eigenvalue weighted by molar-refractivity contribution is 0.0390. The first-order valence-electron chi connectivity index (χ1n) is 7.77. The van der Waals surface area contributed by atoms with Crippen molar-refractivity contribution < 1.29 is 4.79 Å². The second kappa shape index (κ2) is 5.80. The van der Waals surface area contributed by atoms with Crippen molar-refractivity contribution in [1.29, 1.82) is 0 Å². The van der Waals surface area contributed by atoms with E-state index in [0.29, 0.717) is 6.04 Å². The van der Waals surface area contributed by atoms with Gasteiger partial charge in [-0.25, -0.2) is 0 Å². The molecule has 1 aromatic rings. The number of benzene rings is 1. The molecule has 108 valence electrons. The third-order valence-electron chi connectivity index (χ3n) is 4.96. The van der Waals surface area contributed by atoms with Crippen molar-refractivity contribution >= 4 is 18.5 Å². The highest BCUT2D eigenvalue weighted by molar-refractivity contribution is 7.80. The summed E-state index contributed by atoms with van der Waals surface area (Å²) in [4.78, 5) is 15.9. The van der Waals surface area contributed by atoms with Gasteiger partial charge in [0.2, 0.25) is 0 Å². The summed E-state index contributed by atoms with van der Waals surface area (Å²) in [6.45, 7) is 2.94. The van der Waals surface area contributed by atoms with E-state index in [2.05, 4.69) is 17.5 Å². The van der Waals surface area contributed by atoms with Gasteiger partial charge in [0.15, 0.2) is 0 Å². The quantitative estimate of drug-likeness (QED) is 0.772. The number of piperidine rings is 1. The number of fused-ring (bicyclic) bond motifs is 1. The summed E-state index contributed by atoms with van der Waals surface area (Å²) < 4.78 is 0. The lowest BCUT2D eigenvalue weighted by Gasteiger charge is -2.44. The molecule has 1 aliphatic heterocycles. The van der Waals surface area contributed by atoms with Crippen LogP contribution >= 0.6 is 12.6 Å². The Bertz CT molecular complexity index is 512. The topological polar surface area (TPSA) is 20.3 Å². The fourth-order valence-electron chi connectivity index (χ4n) is 3.87. The molecule has 0 spiro atoms. The van der Waals surface area contributed by atoms with Crippen LogP contribution in [0.1, 0.15) is 54.4 Å². The Labute approximate surface area is 127 Å². The van der Waals surface area contributed by atoms with Gasteiger partial charge >= 0.3 is 0 Å². The van der Waals surface area contributed by atoms with E-state index in [1.54, 1.807) is 0 Å². The molecule has 2 atom stereocenters. The summed E-state index contributed by atoms with van der Waals surface area (Å²) in [5.74, 6) is 0.955. The standard InChI is InChI=1S/C17H23NOS/c1-12-8-9-14(20)11-15(12)17(19)18-10-4-6-13-5-2-3-7-16(13)18/h8-9,11,13,16,20H,2-7,10H2,1H3. The number of carbonyl (C=O) groups excluding carboxylic acids is 1. The van der Waals surface area contributed by atoms with Gasteiger partial charge in [-0.2, -0.15) is 0 Å². The van der Waals surface area contributed by atoms with Gasteiger partial charge in [-0.1, -0.05) is 18.9 Å². The Kier molecular flexibility index (Phi) is 4.06. The number of thiol groups is 1. The van der Waals surface area contributed by atoms with Crippen molar-refractivity contribution in [2.75, 3.05) is 6.54 Å². The van der Waals surface area contributed by atoms with Crippen LogP contribution in [0.3, 0.4) is 0 Å². The second-order valence-electron chi connectivity index (χ2n) is 6.25. The van der Waals surface area contributed by atoms with Crippen LogP contribution < -0.4 is 0 Å². The number of amides is 1. The summed E-state index contributed by atoms with van der Waals surface area (Å²) in [5, 5.41) is 0. The Balaban J connectivity index is 1.87. The molecular weight excluding hydrogens is 266 g/mol. The fraction of sp³-hybridized carbons (Fsp3) is 0.588. The maximum absolute atomic E-state index is 12.9. The molecule has 0 bridgehead atoms. The lowest BCUT2D eigenvalue weighted by Crippen LogP contribution is -2.49. The zero-order chi connectivity index (χ0) is 14.1. The van der Waals surface area contributed by atoms with Crippen LogP contribution in [0.5, 0.6) is 0 Å². The van der Waals surface area contributed by atoms with Crippen LogP contribution in [0.15, 0.2) is 23.1 Å². The van der Waals surface area contributed by atoms with Gasteiger partial charge in [0.25, 0.3) is 5.91 Å². The molecule has 1 saturated heterocycles. The third-order valence-corrected chi connectivity index (χ3v) is 5.23. The molecule has 2 fully saturated rings. The second-order valence-corrected chi connectivity index (χ2v) is 6.77. The molecular formula is C17H23NOS. The first-order chi connectivity index (χ1) is 9.66. The van der Waals surface area contributed by atoms with Gasteiger partial charge in [0.05, 0.1) is 0 Å². The van der Waals surface area contributed by atoms with Crippen molar-refractivity contribution in [1.82, 2.24) is 4.90 Å². The minimum atomic E-state index is 0.218. The molecule has 1 amide bonds. The molecule has 0 N–H and O–H groups in total. The highest BCUT2D eigenvalue weighted by atomic mass is 32.1. The first kappa shape index (κ1) is 14.0. The predicted molar refractivity (Wildman–Crippen MR) is 84.4 cm³/mol. The number of likely N-dealkylation sites (tertiary alicyclic amines) is 1. The maximum Gasteiger partial charge on any atom is 0.254 e. The van der Waals surface area contributed by atoms with Gasteiger partial charge in [0.1, 0.15) is 0 Å². The van der Waals surface area contributed by atoms with E-state index in [1.807, 2.05) is 25.1 Å². The number of aryl methyl sites for hydroxylation is 1. The molecule has 2 aliphatic rings. The summed E-state index contributed by atoms with van der Waals surface area (Å²) in [7, 11) is 0. The van der Waals surface area contributed by atoms with Crippen LogP contribution in [0.2, 0.25) is 0 Å². The van der Waals surface area contributed by atoms with Crippen molar-refractivity contribution in [3.8, 4) is 0 Å². The van der Waals surface area contributed by atoms with Crippen LogP contribution in [0.4, 0.5) is 0 Å². The van der Waals surface area contributed by atoms with Crippen LogP contribution in [-0.4, -0.2) is 23.4 Å². The molecule has 0 aromatic heterocycles. The van der Waals surface area contributed by atoms with Gasteiger partial charge in [-0.15, -0.1) is 12.6 Å². The van der Waals surface area contributed by atoms with Crippen LogP contribution in [0, 0.1) is 12.8 Å².